The van der Waals surface area contributed by atoms with Crippen molar-refractivity contribution in [3.63, 3.8) is 0 Å². The largest absolute Gasteiger partial charge is 0.350 e. The van der Waals surface area contributed by atoms with E-state index in [1.54, 1.807) is 18.2 Å². The Morgan fingerprint density at radius 2 is 2.00 bits per heavy atom. The molecule has 0 aliphatic carbocycles. The molecule has 3 rings (SSSR count). The van der Waals surface area contributed by atoms with Crippen LogP contribution in [0.15, 0.2) is 29.1 Å². The van der Waals surface area contributed by atoms with Crippen molar-refractivity contribution in [2.45, 2.75) is 25.7 Å². The minimum absolute atomic E-state index is 0.0679. The lowest BCUT2D eigenvalue weighted by molar-refractivity contribution is 0.0944. The number of H-pyrrole nitrogens is 1. The van der Waals surface area contributed by atoms with Crippen molar-refractivity contribution >= 4 is 16.8 Å². The molecule has 0 saturated carbocycles. The smallest absolute Gasteiger partial charge is 0.275 e. The maximum absolute atomic E-state index is 12.3. The summed E-state index contributed by atoms with van der Waals surface area (Å²) in [5.74, 6) is -0.407. The second-order valence-electron chi connectivity index (χ2n) is 5.96. The van der Waals surface area contributed by atoms with Crippen LogP contribution in [0.1, 0.15) is 36.2 Å². The number of nitrogens with zero attached hydrogens (tertiary/aromatic N) is 2. The molecule has 2 heterocycles. The lowest BCUT2D eigenvalue weighted by atomic mass is 10.1. The first kappa shape index (κ1) is 15.7. The fourth-order valence-corrected chi connectivity index (χ4v) is 3.00. The molecule has 1 aromatic carbocycles. The summed E-state index contributed by atoms with van der Waals surface area (Å²) in [6, 6.07) is 7.06. The second kappa shape index (κ2) is 7.37. The summed E-state index contributed by atoms with van der Waals surface area (Å²) < 4.78 is 0. The van der Waals surface area contributed by atoms with Crippen LogP contribution < -0.4 is 10.7 Å². The van der Waals surface area contributed by atoms with E-state index in [0.29, 0.717) is 17.4 Å². The van der Waals surface area contributed by atoms with Crippen LogP contribution in [0.2, 0.25) is 0 Å². The summed E-state index contributed by atoms with van der Waals surface area (Å²) in [5, 5.41) is 9.96. The Hall–Kier alpha value is -2.21. The molecule has 1 amide bonds. The van der Waals surface area contributed by atoms with Gasteiger partial charge in [-0.3, -0.25) is 14.7 Å². The number of hydrogen-bond donors (Lipinski definition) is 2. The van der Waals surface area contributed by atoms with Gasteiger partial charge in [0.2, 0.25) is 5.43 Å². The van der Waals surface area contributed by atoms with Crippen molar-refractivity contribution in [2.75, 3.05) is 26.2 Å². The number of aromatic amines is 1. The highest BCUT2D eigenvalue weighted by Gasteiger charge is 2.14. The van der Waals surface area contributed by atoms with Crippen molar-refractivity contribution in [2.24, 2.45) is 0 Å². The Kier molecular flexibility index (Phi) is 5.02. The molecular weight excluding hydrogens is 292 g/mol. The van der Waals surface area contributed by atoms with Gasteiger partial charge in [-0.2, -0.15) is 5.10 Å². The van der Waals surface area contributed by atoms with Crippen LogP contribution >= 0.6 is 0 Å². The van der Waals surface area contributed by atoms with Crippen LogP contribution in [-0.2, 0) is 0 Å². The number of amides is 1. The van der Waals surface area contributed by atoms with E-state index in [2.05, 4.69) is 20.4 Å². The maximum atomic E-state index is 12.3. The number of hydrogen-bond acceptors (Lipinski definition) is 4. The van der Waals surface area contributed by atoms with Crippen molar-refractivity contribution in [1.29, 1.82) is 0 Å². The Labute approximate surface area is 134 Å². The van der Waals surface area contributed by atoms with Gasteiger partial charge >= 0.3 is 0 Å². The van der Waals surface area contributed by atoms with Gasteiger partial charge in [-0.1, -0.05) is 18.6 Å². The molecule has 1 aromatic heterocycles. The number of piperidine rings is 1. The van der Waals surface area contributed by atoms with Crippen LogP contribution in [0.5, 0.6) is 0 Å². The normalized spacial score (nSPS) is 15.7. The molecule has 23 heavy (non-hydrogen) atoms. The Balaban J connectivity index is 1.56. The lowest BCUT2D eigenvalue weighted by Gasteiger charge is -2.26. The molecule has 0 unspecified atom stereocenters. The molecule has 1 aliphatic heterocycles. The molecule has 1 aliphatic rings. The van der Waals surface area contributed by atoms with E-state index in [1.807, 2.05) is 6.07 Å². The van der Waals surface area contributed by atoms with Crippen LogP contribution in [0.25, 0.3) is 10.9 Å². The van der Waals surface area contributed by atoms with Gasteiger partial charge in [0, 0.05) is 11.9 Å². The van der Waals surface area contributed by atoms with E-state index < -0.39 is 5.91 Å². The molecule has 2 N–H and O–H groups in total. The third-order valence-electron chi connectivity index (χ3n) is 4.28. The average Bonchev–Trinajstić information content (AvgIpc) is 2.60. The maximum Gasteiger partial charge on any atom is 0.275 e. The number of aromatic nitrogens is 2. The second-order valence-corrected chi connectivity index (χ2v) is 5.96. The van der Waals surface area contributed by atoms with E-state index in [-0.39, 0.29) is 11.1 Å². The van der Waals surface area contributed by atoms with Crippen molar-refractivity contribution in [3.05, 3.63) is 40.2 Å². The van der Waals surface area contributed by atoms with Crippen molar-refractivity contribution < 1.29 is 4.79 Å². The minimum atomic E-state index is -0.407. The minimum Gasteiger partial charge on any atom is -0.350 e. The number of nitrogens with one attached hydrogen (secondary N) is 2. The highest BCUT2D eigenvalue weighted by molar-refractivity contribution is 5.95. The topological polar surface area (TPSA) is 78.1 Å². The van der Waals surface area contributed by atoms with E-state index in [0.717, 1.165) is 26.1 Å². The molecule has 1 saturated heterocycles. The number of fused-ring (bicyclic) bond motifs is 1. The summed E-state index contributed by atoms with van der Waals surface area (Å²) in [7, 11) is 0. The van der Waals surface area contributed by atoms with Crippen molar-refractivity contribution in [1.82, 2.24) is 20.4 Å². The Bertz CT molecular complexity index is 735. The predicted octanol–water partition coefficient (Wildman–Crippen LogP) is 1.53. The fraction of sp³-hybridized carbons (Fsp3) is 0.471. The summed E-state index contributed by atoms with van der Waals surface area (Å²) in [4.78, 5) is 26.9. The Morgan fingerprint density at radius 1 is 1.22 bits per heavy atom. The van der Waals surface area contributed by atoms with Crippen LogP contribution in [-0.4, -0.2) is 47.2 Å². The van der Waals surface area contributed by atoms with E-state index in [1.165, 1.54) is 19.3 Å². The average molecular weight is 314 g/mol. The van der Waals surface area contributed by atoms with Gasteiger partial charge < -0.3 is 10.2 Å². The number of benzene rings is 1. The molecule has 6 heteroatoms. The first-order valence-corrected chi connectivity index (χ1v) is 8.24. The van der Waals surface area contributed by atoms with Crippen LogP contribution in [0.4, 0.5) is 0 Å². The van der Waals surface area contributed by atoms with E-state index in [4.69, 9.17) is 0 Å². The number of carbonyl (C=O) groups is 1. The van der Waals surface area contributed by atoms with Gasteiger partial charge in [0.15, 0.2) is 5.69 Å². The zero-order valence-corrected chi connectivity index (χ0v) is 13.2. The summed E-state index contributed by atoms with van der Waals surface area (Å²) in [6.07, 6.45) is 4.74. The molecule has 0 bridgehead atoms. The molecule has 1 fully saturated rings. The third-order valence-corrected chi connectivity index (χ3v) is 4.28. The summed E-state index contributed by atoms with van der Waals surface area (Å²) in [6.45, 7) is 3.85. The Morgan fingerprint density at radius 3 is 2.83 bits per heavy atom. The zero-order chi connectivity index (χ0) is 16.1. The standard InChI is InChI=1S/C17H22N4O2/c22-16-13-7-2-3-8-14(13)19-20-15(16)17(23)18-9-6-12-21-10-4-1-5-11-21/h2-3,7-8H,1,4-6,9-12H2,(H,18,23)(H,19,22). The van der Waals surface area contributed by atoms with Crippen LogP contribution in [0, 0.1) is 0 Å². The van der Waals surface area contributed by atoms with Crippen LogP contribution in [0.3, 0.4) is 0 Å². The number of rotatable bonds is 5. The SMILES string of the molecule is O=C(NCCCN1CCCCC1)c1n[nH]c2ccccc2c1=O. The van der Waals surface area contributed by atoms with E-state index >= 15 is 0 Å². The molecule has 2 aromatic rings. The van der Waals surface area contributed by atoms with Crippen molar-refractivity contribution in [3.8, 4) is 0 Å². The highest BCUT2D eigenvalue weighted by atomic mass is 16.2. The molecular formula is C17H22N4O2. The van der Waals surface area contributed by atoms with Gasteiger partial charge in [0.05, 0.1) is 5.52 Å². The first-order valence-electron chi connectivity index (χ1n) is 8.24. The predicted molar refractivity (Wildman–Crippen MR) is 89.6 cm³/mol. The lowest BCUT2D eigenvalue weighted by Crippen LogP contribution is -2.35. The molecule has 0 atom stereocenters. The molecule has 0 radical (unpaired) electrons. The number of carbonyl (C=O) groups excluding carboxylic acids is 1. The van der Waals surface area contributed by atoms with Gasteiger partial charge in [0.25, 0.3) is 5.91 Å². The molecule has 0 spiro atoms. The quantitative estimate of drug-likeness (QED) is 0.821. The highest BCUT2D eigenvalue weighted by Crippen LogP contribution is 2.08. The van der Waals surface area contributed by atoms with Gasteiger partial charge in [-0.15, -0.1) is 0 Å². The summed E-state index contributed by atoms with van der Waals surface area (Å²) in [5.41, 5.74) is 0.244. The first-order chi connectivity index (χ1) is 11.3. The van der Waals surface area contributed by atoms with Gasteiger partial charge in [-0.05, 0) is 51.0 Å². The molecule has 6 nitrogen and oxygen atoms in total. The van der Waals surface area contributed by atoms with Gasteiger partial charge in [-0.25, -0.2) is 0 Å². The summed E-state index contributed by atoms with van der Waals surface area (Å²) >= 11 is 0. The monoisotopic (exact) mass is 314 g/mol. The number of para-hydroxylation sites is 1. The number of likely N-dealkylation sites (tertiary alicyclic amines) is 1. The fourth-order valence-electron chi connectivity index (χ4n) is 3.00. The zero-order valence-electron chi connectivity index (χ0n) is 13.2. The molecule has 122 valence electrons. The third kappa shape index (κ3) is 3.76. The van der Waals surface area contributed by atoms with E-state index in [9.17, 15) is 9.59 Å². The van der Waals surface area contributed by atoms with Gasteiger partial charge in [0.1, 0.15) is 0 Å².